The van der Waals surface area contributed by atoms with Crippen molar-refractivity contribution in [2.24, 2.45) is 0 Å². The number of carbonyl (C=O) groups excluding carboxylic acids is 2. The zero-order valence-corrected chi connectivity index (χ0v) is 15.2. The van der Waals surface area contributed by atoms with Crippen LogP contribution in [0, 0.1) is 0 Å². The number of anilines is 2. The second kappa shape index (κ2) is 5.95. The molecular formula is C23H20N2O2. The highest BCUT2D eigenvalue weighted by Crippen LogP contribution is 2.44. The second-order valence-electron chi connectivity index (χ2n) is 7.40. The van der Waals surface area contributed by atoms with E-state index in [0.717, 1.165) is 52.7 Å². The van der Waals surface area contributed by atoms with E-state index in [9.17, 15) is 9.59 Å². The lowest BCUT2D eigenvalue weighted by Gasteiger charge is -2.26. The number of hydrogen-bond donors (Lipinski definition) is 1. The molecule has 4 nitrogen and oxygen atoms in total. The Kier molecular flexibility index (Phi) is 3.54. The average Bonchev–Trinajstić information content (AvgIpc) is 2.94. The molecule has 0 saturated carbocycles. The zero-order valence-electron chi connectivity index (χ0n) is 15.2. The van der Waals surface area contributed by atoms with Gasteiger partial charge in [-0.05, 0) is 65.9 Å². The normalized spacial score (nSPS) is 17.9. The molecule has 2 aliphatic rings. The summed E-state index contributed by atoms with van der Waals surface area (Å²) >= 11 is 0. The fraction of sp³-hybridized carbons (Fsp3) is 0.217. The van der Waals surface area contributed by atoms with Gasteiger partial charge in [0.1, 0.15) is 0 Å². The number of aryl methyl sites for hydroxylation is 1. The van der Waals surface area contributed by atoms with Crippen molar-refractivity contribution in [3.63, 3.8) is 0 Å². The SMILES string of the molecule is C[C@@H]1C(=O)N2CCCc3cc(NC(=O)c4ccc5ccccc5c4)cc1c32. The van der Waals surface area contributed by atoms with Crippen molar-refractivity contribution >= 4 is 34.0 Å². The van der Waals surface area contributed by atoms with Crippen molar-refractivity contribution in [1.29, 1.82) is 0 Å². The molecule has 134 valence electrons. The molecule has 4 heteroatoms. The third-order valence-electron chi connectivity index (χ3n) is 5.69. The van der Waals surface area contributed by atoms with E-state index < -0.39 is 0 Å². The Labute approximate surface area is 157 Å². The van der Waals surface area contributed by atoms with Crippen molar-refractivity contribution in [2.75, 3.05) is 16.8 Å². The van der Waals surface area contributed by atoms with Gasteiger partial charge in [-0.15, -0.1) is 0 Å². The summed E-state index contributed by atoms with van der Waals surface area (Å²) in [5.74, 6) is -0.101. The molecule has 0 aliphatic carbocycles. The molecule has 2 amide bonds. The minimum atomic E-state index is -0.144. The lowest BCUT2D eigenvalue weighted by atomic mass is 9.96. The molecule has 0 radical (unpaired) electrons. The Morgan fingerprint density at radius 1 is 1.07 bits per heavy atom. The van der Waals surface area contributed by atoms with Gasteiger partial charge in [0.05, 0.1) is 11.6 Å². The van der Waals surface area contributed by atoms with E-state index in [4.69, 9.17) is 0 Å². The number of benzene rings is 3. The topological polar surface area (TPSA) is 49.4 Å². The largest absolute Gasteiger partial charge is 0.322 e. The molecule has 2 heterocycles. The smallest absolute Gasteiger partial charge is 0.255 e. The third kappa shape index (κ3) is 2.52. The molecule has 0 spiro atoms. The number of nitrogens with zero attached hydrogens (tertiary/aromatic N) is 1. The number of amides is 2. The van der Waals surface area contributed by atoms with Gasteiger partial charge in [0.2, 0.25) is 5.91 Å². The molecule has 3 aromatic rings. The standard InChI is InChI=1S/C23H20N2O2/c1-14-20-13-19(12-17-7-4-10-25(21(17)20)23(14)27)24-22(26)18-9-8-15-5-2-3-6-16(15)11-18/h2-3,5-6,8-9,11-14H,4,7,10H2,1H3,(H,24,26)/t14-/m0/s1. The molecule has 0 aromatic heterocycles. The summed E-state index contributed by atoms with van der Waals surface area (Å²) in [5, 5.41) is 5.19. The van der Waals surface area contributed by atoms with Crippen LogP contribution >= 0.6 is 0 Å². The third-order valence-corrected chi connectivity index (χ3v) is 5.69. The Balaban J connectivity index is 1.49. The fourth-order valence-electron chi connectivity index (χ4n) is 4.30. The van der Waals surface area contributed by atoms with Gasteiger partial charge in [-0.1, -0.05) is 30.3 Å². The second-order valence-corrected chi connectivity index (χ2v) is 7.40. The molecule has 1 N–H and O–H groups in total. The quantitative estimate of drug-likeness (QED) is 0.735. The highest BCUT2D eigenvalue weighted by atomic mass is 16.2. The van der Waals surface area contributed by atoms with Crippen molar-refractivity contribution in [1.82, 2.24) is 0 Å². The van der Waals surface area contributed by atoms with Crippen LogP contribution in [0.25, 0.3) is 10.8 Å². The van der Waals surface area contributed by atoms with Gasteiger partial charge in [-0.2, -0.15) is 0 Å². The summed E-state index contributed by atoms with van der Waals surface area (Å²) in [6.07, 6.45) is 1.91. The number of fused-ring (bicyclic) bond motifs is 1. The molecular weight excluding hydrogens is 336 g/mol. The highest BCUT2D eigenvalue weighted by Gasteiger charge is 2.37. The van der Waals surface area contributed by atoms with Crippen LogP contribution in [0.3, 0.4) is 0 Å². The van der Waals surface area contributed by atoms with E-state index in [1.54, 1.807) is 0 Å². The molecule has 0 fully saturated rings. The van der Waals surface area contributed by atoms with Crippen molar-refractivity contribution < 1.29 is 9.59 Å². The van der Waals surface area contributed by atoms with E-state index >= 15 is 0 Å². The predicted molar refractivity (Wildman–Crippen MR) is 107 cm³/mol. The van der Waals surface area contributed by atoms with Gasteiger partial charge < -0.3 is 10.2 Å². The van der Waals surface area contributed by atoms with Gasteiger partial charge >= 0.3 is 0 Å². The zero-order chi connectivity index (χ0) is 18.5. The van der Waals surface area contributed by atoms with Crippen LogP contribution in [0.1, 0.15) is 40.7 Å². The first-order valence-electron chi connectivity index (χ1n) is 9.40. The maximum Gasteiger partial charge on any atom is 0.255 e. The number of nitrogens with one attached hydrogen (secondary N) is 1. The van der Waals surface area contributed by atoms with Crippen LogP contribution in [0.4, 0.5) is 11.4 Å². The molecule has 3 aromatic carbocycles. The molecule has 0 saturated heterocycles. The minimum Gasteiger partial charge on any atom is -0.322 e. The number of hydrogen-bond acceptors (Lipinski definition) is 2. The van der Waals surface area contributed by atoms with Crippen LogP contribution in [0.5, 0.6) is 0 Å². The summed E-state index contributed by atoms with van der Waals surface area (Å²) < 4.78 is 0. The molecule has 0 bridgehead atoms. The van der Waals surface area contributed by atoms with Crippen molar-refractivity contribution in [3.8, 4) is 0 Å². The summed E-state index contributed by atoms with van der Waals surface area (Å²) in [7, 11) is 0. The van der Waals surface area contributed by atoms with Crippen LogP contribution in [-0.4, -0.2) is 18.4 Å². The van der Waals surface area contributed by atoms with E-state index in [2.05, 4.69) is 5.32 Å². The summed E-state index contributed by atoms with van der Waals surface area (Å²) in [4.78, 5) is 27.2. The van der Waals surface area contributed by atoms with Gasteiger partial charge in [0.25, 0.3) is 5.91 Å². The number of carbonyl (C=O) groups is 2. The van der Waals surface area contributed by atoms with Gasteiger partial charge in [-0.25, -0.2) is 0 Å². The first kappa shape index (κ1) is 16.1. The van der Waals surface area contributed by atoms with E-state index in [1.807, 2.05) is 66.4 Å². The predicted octanol–water partition coefficient (Wildman–Crippen LogP) is 4.49. The first-order valence-corrected chi connectivity index (χ1v) is 9.40. The molecule has 0 unspecified atom stereocenters. The first-order chi connectivity index (χ1) is 13.1. The number of rotatable bonds is 2. The summed E-state index contributed by atoms with van der Waals surface area (Å²) in [6.45, 7) is 2.75. The maximum atomic E-state index is 12.8. The lowest BCUT2D eigenvalue weighted by Crippen LogP contribution is -2.32. The van der Waals surface area contributed by atoms with Crippen LogP contribution in [0.2, 0.25) is 0 Å². The maximum absolute atomic E-state index is 12.8. The monoisotopic (exact) mass is 356 g/mol. The van der Waals surface area contributed by atoms with Crippen LogP contribution < -0.4 is 10.2 Å². The molecule has 2 aliphatic heterocycles. The fourth-order valence-corrected chi connectivity index (χ4v) is 4.30. The summed E-state index contributed by atoms with van der Waals surface area (Å²) in [6, 6.07) is 17.7. The Hall–Kier alpha value is -3.14. The average molecular weight is 356 g/mol. The molecule has 1 atom stereocenters. The lowest BCUT2D eigenvalue weighted by molar-refractivity contribution is -0.119. The summed E-state index contributed by atoms with van der Waals surface area (Å²) in [5.41, 5.74) is 4.66. The van der Waals surface area contributed by atoms with Crippen LogP contribution in [-0.2, 0) is 11.2 Å². The van der Waals surface area contributed by atoms with Crippen LogP contribution in [0.15, 0.2) is 54.6 Å². The van der Waals surface area contributed by atoms with E-state index in [-0.39, 0.29) is 17.7 Å². The van der Waals surface area contributed by atoms with Crippen molar-refractivity contribution in [2.45, 2.75) is 25.7 Å². The van der Waals surface area contributed by atoms with E-state index in [1.165, 1.54) is 0 Å². The molecule has 27 heavy (non-hydrogen) atoms. The Bertz CT molecular complexity index is 1100. The van der Waals surface area contributed by atoms with Gasteiger partial charge in [0.15, 0.2) is 0 Å². The van der Waals surface area contributed by atoms with Gasteiger partial charge in [-0.3, -0.25) is 9.59 Å². The minimum absolute atomic E-state index is 0.127. The van der Waals surface area contributed by atoms with Crippen molar-refractivity contribution in [3.05, 3.63) is 71.3 Å². The molecule has 5 rings (SSSR count). The Morgan fingerprint density at radius 3 is 2.74 bits per heavy atom. The van der Waals surface area contributed by atoms with E-state index in [0.29, 0.717) is 5.56 Å². The Morgan fingerprint density at radius 2 is 1.89 bits per heavy atom. The van der Waals surface area contributed by atoms with Gasteiger partial charge in [0, 0.05) is 17.8 Å². The highest BCUT2D eigenvalue weighted by molar-refractivity contribution is 6.09.